The minimum absolute atomic E-state index is 0.572. The van der Waals surface area contributed by atoms with E-state index < -0.39 is 0 Å². The van der Waals surface area contributed by atoms with Crippen molar-refractivity contribution in [3.63, 3.8) is 0 Å². The maximum absolute atomic E-state index is 2.33. The van der Waals surface area contributed by atoms with Crippen molar-refractivity contribution in [3.05, 3.63) is 47.5 Å². The van der Waals surface area contributed by atoms with Gasteiger partial charge in [0.05, 0.1) is 11.4 Å². The molecule has 0 bridgehead atoms. The first-order valence-electron chi connectivity index (χ1n) is 6.72. The average Bonchev–Trinajstić information content (AvgIpc) is 2.38. The van der Waals surface area contributed by atoms with Crippen molar-refractivity contribution in [2.45, 2.75) is 36.5 Å². The van der Waals surface area contributed by atoms with Crippen LogP contribution >= 0.6 is 11.8 Å². The van der Waals surface area contributed by atoms with Gasteiger partial charge in [0, 0.05) is 16.8 Å². The predicted molar refractivity (Wildman–Crippen MR) is 83.9 cm³/mol. The molecule has 0 aliphatic carbocycles. The van der Waals surface area contributed by atoms with Crippen LogP contribution in [-0.4, -0.2) is 7.05 Å². The highest BCUT2D eigenvalue weighted by molar-refractivity contribution is 7.99. The lowest BCUT2D eigenvalue weighted by atomic mass is 10.0. The number of rotatable bonds is 1. The monoisotopic (exact) mass is 269 g/mol. The van der Waals surface area contributed by atoms with Crippen LogP contribution in [0, 0.1) is 6.92 Å². The second kappa shape index (κ2) is 4.61. The van der Waals surface area contributed by atoms with Gasteiger partial charge in [-0.15, -0.1) is 0 Å². The molecule has 0 atom stereocenters. The highest BCUT2D eigenvalue weighted by atomic mass is 32.2. The molecular weight excluding hydrogens is 250 g/mol. The van der Waals surface area contributed by atoms with Crippen molar-refractivity contribution in [2.75, 3.05) is 11.9 Å². The Bertz CT molecular complexity index is 631. The van der Waals surface area contributed by atoms with Crippen molar-refractivity contribution in [3.8, 4) is 0 Å². The summed E-state index contributed by atoms with van der Waals surface area (Å²) in [6.45, 7) is 6.64. The van der Waals surface area contributed by atoms with E-state index in [4.69, 9.17) is 0 Å². The molecule has 98 valence electrons. The number of anilines is 2. The molecule has 2 heteroatoms. The summed E-state index contributed by atoms with van der Waals surface area (Å²) in [6.07, 6.45) is 0. The molecule has 1 aliphatic heterocycles. The van der Waals surface area contributed by atoms with Crippen LogP contribution in [0.2, 0.25) is 0 Å². The molecular formula is C17H19NS. The fourth-order valence-electron chi connectivity index (χ4n) is 2.47. The maximum atomic E-state index is 2.33. The van der Waals surface area contributed by atoms with Gasteiger partial charge in [0.2, 0.25) is 0 Å². The van der Waals surface area contributed by atoms with E-state index in [9.17, 15) is 0 Å². The number of fused-ring (bicyclic) bond motifs is 2. The zero-order chi connectivity index (χ0) is 13.6. The zero-order valence-corrected chi connectivity index (χ0v) is 12.7. The van der Waals surface area contributed by atoms with Gasteiger partial charge >= 0.3 is 0 Å². The lowest BCUT2D eigenvalue weighted by Gasteiger charge is -2.30. The summed E-state index contributed by atoms with van der Waals surface area (Å²) < 4.78 is 0. The van der Waals surface area contributed by atoms with E-state index in [1.165, 1.54) is 32.3 Å². The smallest absolute Gasteiger partial charge is 0.0553 e. The Balaban J connectivity index is 2.10. The minimum Gasteiger partial charge on any atom is -0.343 e. The van der Waals surface area contributed by atoms with Crippen molar-refractivity contribution < 1.29 is 0 Å². The molecule has 1 nitrogen and oxygen atoms in total. The van der Waals surface area contributed by atoms with Gasteiger partial charge in [-0.2, -0.15) is 0 Å². The second-order valence-electron chi connectivity index (χ2n) is 5.51. The minimum atomic E-state index is 0.572. The average molecular weight is 269 g/mol. The van der Waals surface area contributed by atoms with E-state index in [2.05, 4.69) is 69.1 Å². The summed E-state index contributed by atoms with van der Waals surface area (Å²) in [5.41, 5.74) is 5.36. The molecule has 0 aromatic heterocycles. The van der Waals surface area contributed by atoms with Crippen LogP contribution in [0.25, 0.3) is 0 Å². The Morgan fingerprint density at radius 1 is 0.947 bits per heavy atom. The molecule has 0 fully saturated rings. The second-order valence-corrected chi connectivity index (χ2v) is 6.60. The van der Waals surface area contributed by atoms with E-state index in [0.29, 0.717) is 5.92 Å². The lowest BCUT2D eigenvalue weighted by molar-refractivity contribution is 0.863. The normalized spacial score (nSPS) is 13.4. The van der Waals surface area contributed by atoms with Crippen LogP contribution in [0.5, 0.6) is 0 Å². The predicted octanol–water partition coefficient (Wildman–Crippen LogP) is 5.35. The van der Waals surface area contributed by atoms with E-state index in [-0.39, 0.29) is 0 Å². The molecule has 0 saturated heterocycles. The van der Waals surface area contributed by atoms with Gasteiger partial charge in [0.15, 0.2) is 0 Å². The van der Waals surface area contributed by atoms with E-state index in [0.717, 1.165) is 0 Å². The summed E-state index contributed by atoms with van der Waals surface area (Å²) in [4.78, 5) is 5.02. The van der Waals surface area contributed by atoms with Crippen molar-refractivity contribution in [1.82, 2.24) is 0 Å². The Morgan fingerprint density at radius 3 is 2.47 bits per heavy atom. The summed E-state index contributed by atoms with van der Waals surface area (Å²) in [7, 11) is 2.16. The van der Waals surface area contributed by atoms with E-state index in [1.807, 2.05) is 11.8 Å². The highest BCUT2D eigenvalue weighted by Gasteiger charge is 2.21. The molecule has 0 spiro atoms. The van der Waals surface area contributed by atoms with Crippen LogP contribution < -0.4 is 4.90 Å². The van der Waals surface area contributed by atoms with Crippen LogP contribution in [0.4, 0.5) is 11.4 Å². The molecule has 0 radical (unpaired) electrons. The van der Waals surface area contributed by atoms with Crippen molar-refractivity contribution in [2.24, 2.45) is 0 Å². The van der Waals surface area contributed by atoms with Crippen LogP contribution in [0.15, 0.2) is 46.2 Å². The first-order chi connectivity index (χ1) is 9.06. The number of aryl methyl sites for hydroxylation is 1. The third-order valence-corrected chi connectivity index (χ3v) is 4.82. The fraction of sp³-hybridized carbons (Fsp3) is 0.294. The van der Waals surface area contributed by atoms with Crippen LogP contribution in [-0.2, 0) is 0 Å². The van der Waals surface area contributed by atoms with Crippen molar-refractivity contribution in [1.29, 1.82) is 0 Å². The number of nitrogens with zero attached hydrogens (tertiary/aromatic N) is 1. The number of hydrogen-bond acceptors (Lipinski definition) is 2. The van der Waals surface area contributed by atoms with E-state index >= 15 is 0 Å². The first-order valence-corrected chi connectivity index (χ1v) is 7.54. The molecule has 2 aromatic rings. The molecule has 1 heterocycles. The fourth-order valence-corrected chi connectivity index (χ4v) is 3.70. The molecule has 0 saturated carbocycles. The molecule has 19 heavy (non-hydrogen) atoms. The Kier molecular flexibility index (Phi) is 3.06. The topological polar surface area (TPSA) is 3.24 Å². The van der Waals surface area contributed by atoms with Crippen molar-refractivity contribution >= 4 is 23.1 Å². The molecule has 0 amide bonds. The molecule has 0 unspecified atom stereocenters. The largest absolute Gasteiger partial charge is 0.343 e. The number of hydrogen-bond donors (Lipinski definition) is 0. The van der Waals surface area contributed by atoms with Gasteiger partial charge in [0.25, 0.3) is 0 Å². The standard InChI is InChI=1S/C17H19NS/c1-11(2)13-6-8-16-15(10-13)18(4)14-7-5-12(3)9-17(14)19-16/h5-11H,1-4H3. The van der Waals surface area contributed by atoms with Gasteiger partial charge in [-0.3, -0.25) is 0 Å². The molecule has 0 N–H and O–H groups in total. The summed E-state index contributed by atoms with van der Waals surface area (Å²) >= 11 is 1.88. The van der Waals surface area contributed by atoms with Gasteiger partial charge in [-0.25, -0.2) is 0 Å². The summed E-state index contributed by atoms with van der Waals surface area (Å²) in [6, 6.07) is 13.5. The Hall–Kier alpha value is -1.41. The highest BCUT2D eigenvalue weighted by Crippen LogP contribution is 2.48. The third kappa shape index (κ3) is 2.14. The van der Waals surface area contributed by atoms with E-state index in [1.54, 1.807) is 0 Å². The maximum Gasteiger partial charge on any atom is 0.0553 e. The Labute approximate surface area is 119 Å². The molecule has 2 aromatic carbocycles. The van der Waals surface area contributed by atoms with Crippen LogP contribution in [0.1, 0.15) is 30.9 Å². The lowest BCUT2D eigenvalue weighted by Crippen LogP contribution is -2.15. The Morgan fingerprint density at radius 2 is 1.74 bits per heavy atom. The zero-order valence-electron chi connectivity index (χ0n) is 11.9. The molecule has 3 rings (SSSR count). The van der Waals surface area contributed by atoms with Gasteiger partial charge < -0.3 is 4.90 Å². The first kappa shape index (κ1) is 12.6. The summed E-state index contributed by atoms with van der Waals surface area (Å²) in [5.74, 6) is 0.572. The third-order valence-electron chi connectivity index (χ3n) is 3.71. The van der Waals surface area contributed by atoms with Gasteiger partial charge in [-0.1, -0.05) is 37.7 Å². The molecule has 1 aliphatic rings. The SMILES string of the molecule is Cc1ccc2c(c1)Sc1ccc(C(C)C)cc1N2C. The van der Waals surface area contributed by atoms with Gasteiger partial charge in [-0.05, 0) is 48.2 Å². The quantitative estimate of drug-likeness (QED) is 0.686. The van der Waals surface area contributed by atoms with Gasteiger partial charge in [0.1, 0.15) is 0 Å². The van der Waals surface area contributed by atoms with Crippen LogP contribution in [0.3, 0.4) is 0 Å². The number of benzene rings is 2. The summed E-state index contributed by atoms with van der Waals surface area (Å²) in [5, 5.41) is 0.